The molecule has 1 aliphatic rings. The molecule has 1 amide bonds. The van der Waals surface area contributed by atoms with Crippen molar-refractivity contribution in [1.29, 1.82) is 0 Å². The van der Waals surface area contributed by atoms with Crippen LogP contribution in [0.4, 0.5) is 0 Å². The molecule has 5 nitrogen and oxygen atoms in total. The van der Waals surface area contributed by atoms with E-state index in [1.807, 2.05) is 42.8 Å². The summed E-state index contributed by atoms with van der Waals surface area (Å²) in [4.78, 5) is 20.7. The number of nitrogens with one attached hydrogen (secondary N) is 1. The van der Waals surface area contributed by atoms with Gasteiger partial charge in [0.25, 0.3) is 0 Å². The number of thiazole rings is 1. The van der Waals surface area contributed by atoms with Gasteiger partial charge in [-0.25, -0.2) is 4.98 Å². The summed E-state index contributed by atoms with van der Waals surface area (Å²) in [5.74, 6) is 1.27. The van der Waals surface area contributed by atoms with Crippen LogP contribution in [0.2, 0.25) is 0 Å². The highest BCUT2D eigenvalue weighted by Crippen LogP contribution is 2.38. The van der Waals surface area contributed by atoms with Gasteiger partial charge in [0, 0.05) is 41.0 Å². The van der Waals surface area contributed by atoms with E-state index < -0.39 is 0 Å². The van der Waals surface area contributed by atoms with Crippen LogP contribution in [0.3, 0.4) is 0 Å². The molecule has 1 aliphatic heterocycles. The van der Waals surface area contributed by atoms with Gasteiger partial charge in [-0.15, -0.1) is 11.3 Å². The van der Waals surface area contributed by atoms with Crippen molar-refractivity contribution in [2.45, 2.75) is 23.8 Å². The first-order valence-electron chi connectivity index (χ1n) is 8.69. The SMILES string of the molecule is Cc1csc(SCC(=O)NC[C@@H]2Cc3cccc(-c4cccnc4)c3O2)n1. The number of aromatic nitrogens is 2. The topological polar surface area (TPSA) is 64.1 Å². The van der Waals surface area contributed by atoms with Crippen molar-refractivity contribution in [2.24, 2.45) is 0 Å². The normalized spacial score (nSPS) is 15.2. The number of rotatable bonds is 6. The van der Waals surface area contributed by atoms with Crippen molar-refractivity contribution in [1.82, 2.24) is 15.3 Å². The van der Waals surface area contributed by atoms with Crippen LogP contribution in [0.1, 0.15) is 11.3 Å². The van der Waals surface area contributed by atoms with Crippen molar-refractivity contribution < 1.29 is 9.53 Å². The molecule has 0 saturated carbocycles. The molecule has 0 spiro atoms. The Hall–Kier alpha value is -2.38. The van der Waals surface area contributed by atoms with Gasteiger partial charge < -0.3 is 10.1 Å². The number of hydrogen-bond donors (Lipinski definition) is 1. The van der Waals surface area contributed by atoms with E-state index in [4.69, 9.17) is 4.74 Å². The summed E-state index contributed by atoms with van der Waals surface area (Å²) < 4.78 is 7.07. The summed E-state index contributed by atoms with van der Waals surface area (Å²) in [7, 11) is 0. The number of benzene rings is 1. The highest BCUT2D eigenvalue weighted by Gasteiger charge is 2.26. The highest BCUT2D eigenvalue weighted by atomic mass is 32.2. The van der Waals surface area contributed by atoms with Crippen molar-refractivity contribution in [3.05, 3.63) is 59.4 Å². The zero-order chi connectivity index (χ0) is 18.6. The number of aryl methyl sites for hydroxylation is 1. The summed E-state index contributed by atoms with van der Waals surface area (Å²) in [6.45, 7) is 2.45. The summed E-state index contributed by atoms with van der Waals surface area (Å²) in [5, 5.41) is 4.97. The molecule has 27 heavy (non-hydrogen) atoms. The smallest absolute Gasteiger partial charge is 0.230 e. The third-order valence-electron chi connectivity index (χ3n) is 4.25. The predicted molar refractivity (Wildman–Crippen MR) is 108 cm³/mol. The molecule has 138 valence electrons. The Bertz CT molecular complexity index is 943. The van der Waals surface area contributed by atoms with Crippen LogP contribution in [0, 0.1) is 6.92 Å². The first-order chi connectivity index (χ1) is 13.2. The van der Waals surface area contributed by atoms with E-state index in [-0.39, 0.29) is 12.0 Å². The van der Waals surface area contributed by atoms with Gasteiger partial charge >= 0.3 is 0 Å². The fourth-order valence-corrected chi connectivity index (χ4v) is 4.69. The molecule has 0 bridgehead atoms. The van der Waals surface area contributed by atoms with Gasteiger partial charge in [-0.1, -0.05) is 36.0 Å². The van der Waals surface area contributed by atoms with Crippen LogP contribution in [-0.4, -0.2) is 34.3 Å². The average molecular weight is 398 g/mol. The standard InChI is InChI=1S/C20H19N3O2S2/c1-13-11-26-20(23-13)27-12-18(24)22-10-16-8-14-4-2-6-17(19(14)25-16)15-5-3-7-21-9-15/h2-7,9,11,16H,8,10,12H2,1H3,(H,22,24)/t16-/m0/s1. The molecule has 2 aromatic heterocycles. The van der Waals surface area contributed by atoms with E-state index in [9.17, 15) is 4.79 Å². The lowest BCUT2D eigenvalue weighted by Gasteiger charge is -2.13. The maximum Gasteiger partial charge on any atom is 0.230 e. The number of ether oxygens (including phenoxy) is 1. The summed E-state index contributed by atoms with van der Waals surface area (Å²) in [5.41, 5.74) is 4.24. The van der Waals surface area contributed by atoms with Gasteiger partial charge in [0.15, 0.2) is 4.34 Å². The molecular formula is C20H19N3O2S2. The number of hydrogen-bond acceptors (Lipinski definition) is 6. The Kier molecular flexibility index (Phi) is 5.40. The van der Waals surface area contributed by atoms with Crippen LogP contribution in [0.25, 0.3) is 11.1 Å². The maximum absolute atomic E-state index is 12.1. The molecule has 7 heteroatoms. The zero-order valence-corrected chi connectivity index (χ0v) is 16.5. The lowest BCUT2D eigenvalue weighted by atomic mass is 10.0. The number of fused-ring (bicyclic) bond motifs is 1. The zero-order valence-electron chi connectivity index (χ0n) is 14.8. The fourth-order valence-electron chi connectivity index (χ4n) is 3.01. The van der Waals surface area contributed by atoms with Crippen molar-refractivity contribution in [2.75, 3.05) is 12.3 Å². The van der Waals surface area contributed by atoms with Crippen LogP contribution in [0.5, 0.6) is 5.75 Å². The van der Waals surface area contributed by atoms with Crippen LogP contribution < -0.4 is 10.1 Å². The monoisotopic (exact) mass is 397 g/mol. The van der Waals surface area contributed by atoms with Gasteiger partial charge in [0.2, 0.25) is 5.91 Å². The molecule has 4 rings (SSSR count). The van der Waals surface area contributed by atoms with Gasteiger partial charge in [-0.3, -0.25) is 9.78 Å². The van der Waals surface area contributed by atoms with Crippen LogP contribution in [-0.2, 0) is 11.2 Å². The third kappa shape index (κ3) is 4.31. The predicted octanol–water partition coefficient (Wildman–Crippen LogP) is 3.73. The first-order valence-corrected chi connectivity index (χ1v) is 10.6. The van der Waals surface area contributed by atoms with Gasteiger partial charge in [-0.2, -0.15) is 0 Å². The van der Waals surface area contributed by atoms with E-state index in [2.05, 4.69) is 21.4 Å². The van der Waals surface area contributed by atoms with Crippen molar-refractivity contribution in [3.63, 3.8) is 0 Å². The minimum Gasteiger partial charge on any atom is -0.487 e. The molecule has 0 radical (unpaired) electrons. The number of para-hydroxylation sites is 1. The Balaban J connectivity index is 1.33. The maximum atomic E-state index is 12.1. The van der Waals surface area contributed by atoms with E-state index in [1.165, 1.54) is 17.3 Å². The Morgan fingerprint density at radius 2 is 2.30 bits per heavy atom. The highest BCUT2D eigenvalue weighted by molar-refractivity contribution is 8.01. The van der Waals surface area contributed by atoms with Crippen molar-refractivity contribution >= 4 is 29.0 Å². The molecule has 1 atom stereocenters. The Morgan fingerprint density at radius 1 is 1.37 bits per heavy atom. The molecule has 3 heterocycles. The minimum absolute atomic E-state index is 0.0001000. The second kappa shape index (κ2) is 8.10. The average Bonchev–Trinajstić information content (AvgIpc) is 3.30. The molecule has 1 N–H and O–H groups in total. The molecule has 3 aromatic rings. The number of amides is 1. The summed E-state index contributed by atoms with van der Waals surface area (Å²) in [6, 6.07) is 10.1. The summed E-state index contributed by atoms with van der Waals surface area (Å²) >= 11 is 3.03. The Morgan fingerprint density at radius 3 is 3.07 bits per heavy atom. The quantitative estimate of drug-likeness (QED) is 0.642. The van der Waals surface area contributed by atoms with E-state index in [1.54, 1.807) is 17.5 Å². The van der Waals surface area contributed by atoms with E-state index >= 15 is 0 Å². The number of nitrogens with zero attached hydrogens (tertiary/aromatic N) is 2. The van der Waals surface area contributed by atoms with Gasteiger partial charge in [0.05, 0.1) is 12.3 Å². The van der Waals surface area contributed by atoms with Gasteiger partial charge in [0.1, 0.15) is 11.9 Å². The van der Waals surface area contributed by atoms with Gasteiger partial charge in [-0.05, 0) is 18.6 Å². The number of thioether (sulfide) groups is 1. The number of carbonyl (C=O) groups excluding carboxylic acids is 1. The molecule has 0 unspecified atom stereocenters. The van der Waals surface area contributed by atoms with Crippen molar-refractivity contribution in [3.8, 4) is 16.9 Å². The van der Waals surface area contributed by atoms with E-state index in [0.717, 1.165) is 33.3 Å². The Labute approximate surface area is 166 Å². The molecule has 0 fully saturated rings. The number of pyridine rings is 1. The third-order valence-corrected chi connectivity index (χ3v) is 6.39. The molecule has 0 aliphatic carbocycles. The van der Waals surface area contributed by atoms with Crippen LogP contribution in [0.15, 0.2) is 52.4 Å². The fraction of sp³-hybridized carbons (Fsp3) is 0.250. The first kappa shape index (κ1) is 18.0. The molecule has 1 aromatic carbocycles. The van der Waals surface area contributed by atoms with E-state index in [0.29, 0.717) is 12.3 Å². The molecular weight excluding hydrogens is 378 g/mol. The minimum atomic E-state index is -0.0473. The number of carbonyl (C=O) groups is 1. The van der Waals surface area contributed by atoms with Crippen LogP contribution >= 0.6 is 23.1 Å². The second-order valence-electron chi connectivity index (χ2n) is 6.33. The summed E-state index contributed by atoms with van der Waals surface area (Å²) in [6.07, 6.45) is 4.35. The lowest BCUT2D eigenvalue weighted by molar-refractivity contribution is -0.118. The second-order valence-corrected chi connectivity index (χ2v) is 8.41. The molecule has 0 saturated heterocycles. The largest absolute Gasteiger partial charge is 0.487 e. The lowest BCUT2D eigenvalue weighted by Crippen LogP contribution is -2.35.